The Morgan fingerprint density at radius 3 is 2.04 bits per heavy atom. The summed E-state index contributed by atoms with van der Waals surface area (Å²) in [5, 5.41) is 28.7. The zero-order chi connectivity index (χ0) is 18.5. The largest absolute Gasteiger partial charge is 0.508 e. The molecule has 0 heterocycles. The molecule has 3 rings (SSSR count). The fourth-order valence-electron chi connectivity index (χ4n) is 2.64. The van der Waals surface area contributed by atoms with E-state index in [1.807, 2.05) is 30.3 Å². The van der Waals surface area contributed by atoms with Gasteiger partial charge in [-0.15, -0.1) is 0 Å². The molecule has 0 aliphatic rings. The Bertz CT molecular complexity index is 936. The highest BCUT2D eigenvalue weighted by molar-refractivity contribution is 5.99. The quantitative estimate of drug-likeness (QED) is 0.473. The molecular weight excluding hydrogens is 328 g/mol. The second kappa shape index (κ2) is 7.57. The van der Waals surface area contributed by atoms with Gasteiger partial charge in [-0.05, 0) is 41.0 Å². The van der Waals surface area contributed by atoms with Gasteiger partial charge in [0.1, 0.15) is 17.2 Å². The Morgan fingerprint density at radius 2 is 1.38 bits per heavy atom. The molecular formula is C22H18O4. The van der Waals surface area contributed by atoms with Crippen LogP contribution in [0.2, 0.25) is 0 Å². The average molecular weight is 346 g/mol. The standard InChI is InChI=1S/C22H18O4/c23-18-11-17(12-19(24)14-18)10-7-15-5-8-16(9-6-15)13-22(26)20-3-1-2-4-21(20)25/h1-12,14,23-25H,13H2/b10-7+. The number of carbonyl (C=O) groups is 1. The third-order valence-corrected chi connectivity index (χ3v) is 3.94. The molecule has 3 N–H and O–H groups in total. The summed E-state index contributed by atoms with van der Waals surface area (Å²) in [4.78, 5) is 12.3. The number of hydrogen-bond acceptors (Lipinski definition) is 4. The highest BCUT2D eigenvalue weighted by atomic mass is 16.3. The zero-order valence-corrected chi connectivity index (χ0v) is 14.0. The van der Waals surface area contributed by atoms with E-state index < -0.39 is 0 Å². The minimum absolute atomic E-state index is 0.00248. The molecule has 0 atom stereocenters. The van der Waals surface area contributed by atoms with Gasteiger partial charge in [-0.25, -0.2) is 0 Å². The fraction of sp³-hybridized carbons (Fsp3) is 0.0455. The van der Waals surface area contributed by atoms with Crippen LogP contribution in [-0.4, -0.2) is 21.1 Å². The van der Waals surface area contributed by atoms with Gasteiger partial charge < -0.3 is 15.3 Å². The number of rotatable bonds is 5. The van der Waals surface area contributed by atoms with Gasteiger partial charge in [-0.3, -0.25) is 4.79 Å². The van der Waals surface area contributed by atoms with E-state index >= 15 is 0 Å². The number of carbonyl (C=O) groups excluding carboxylic acids is 1. The maximum atomic E-state index is 12.3. The second-order valence-electron chi connectivity index (χ2n) is 5.97. The summed E-state index contributed by atoms with van der Waals surface area (Å²) >= 11 is 0. The lowest BCUT2D eigenvalue weighted by Crippen LogP contribution is -2.03. The van der Waals surface area contributed by atoms with Gasteiger partial charge in [-0.1, -0.05) is 48.6 Å². The van der Waals surface area contributed by atoms with Gasteiger partial charge in [-0.2, -0.15) is 0 Å². The molecule has 0 aliphatic heterocycles. The van der Waals surface area contributed by atoms with Crippen molar-refractivity contribution in [3.63, 3.8) is 0 Å². The number of aromatic hydroxyl groups is 3. The van der Waals surface area contributed by atoms with Gasteiger partial charge in [0, 0.05) is 12.5 Å². The molecule has 0 bridgehead atoms. The van der Waals surface area contributed by atoms with Crippen molar-refractivity contribution in [2.75, 3.05) is 0 Å². The van der Waals surface area contributed by atoms with Crippen molar-refractivity contribution < 1.29 is 20.1 Å². The summed E-state index contributed by atoms with van der Waals surface area (Å²) in [6.45, 7) is 0. The summed E-state index contributed by atoms with van der Waals surface area (Å²) in [5.74, 6) is -0.140. The maximum absolute atomic E-state index is 12.3. The molecule has 3 aromatic rings. The molecule has 0 aromatic heterocycles. The van der Waals surface area contributed by atoms with Crippen LogP contribution in [0, 0.1) is 0 Å². The van der Waals surface area contributed by atoms with E-state index in [9.17, 15) is 20.1 Å². The summed E-state index contributed by atoms with van der Waals surface area (Å²) in [5.41, 5.74) is 2.78. The summed E-state index contributed by atoms with van der Waals surface area (Å²) in [7, 11) is 0. The lowest BCUT2D eigenvalue weighted by molar-refractivity contribution is 0.0990. The van der Waals surface area contributed by atoms with E-state index in [2.05, 4.69) is 0 Å². The van der Waals surface area contributed by atoms with Gasteiger partial charge in [0.15, 0.2) is 5.78 Å². The first-order valence-electron chi connectivity index (χ1n) is 8.12. The Morgan fingerprint density at radius 1 is 0.769 bits per heavy atom. The third-order valence-electron chi connectivity index (χ3n) is 3.94. The maximum Gasteiger partial charge on any atom is 0.170 e. The van der Waals surface area contributed by atoms with Crippen LogP contribution in [0.15, 0.2) is 66.7 Å². The number of hydrogen-bond donors (Lipinski definition) is 3. The molecule has 4 nitrogen and oxygen atoms in total. The van der Waals surface area contributed by atoms with Crippen molar-refractivity contribution in [3.8, 4) is 17.2 Å². The minimum atomic E-state index is -0.137. The zero-order valence-electron chi connectivity index (χ0n) is 14.0. The van der Waals surface area contributed by atoms with Crippen molar-refractivity contribution in [2.45, 2.75) is 6.42 Å². The van der Waals surface area contributed by atoms with Crippen LogP contribution in [0.3, 0.4) is 0 Å². The van der Waals surface area contributed by atoms with Gasteiger partial charge >= 0.3 is 0 Å². The van der Waals surface area contributed by atoms with Crippen LogP contribution in [0.25, 0.3) is 12.2 Å². The van der Waals surface area contributed by atoms with Crippen LogP contribution in [0.1, 0.15) is 27.0 Å². The van der Waals surface area contributed by atoms with E-state index in [4.69, 9.17) is 0 Å². The summed E-state index contributed by atoms with van der Waals surface area (Å²) in [6.07, 6.45) is 3.84. The van der Waals surface area contributed by atoms with Crippen molar-refractivity contribution in [3.05, 3.63) is 89.0 Å². The van der Waals surface area contributed by atoms with Crippen molar-refractivity contribution in [1.29, 1.82) is 0 Å². The predicted molar refractivity (Wildman–Crippen MR) is 101 cm³/mol. The van der Waals surface area contributed by atoms with Crippen molar-refractivity contribution in [2.24, 2.45) is 0 Å². The number of para-hydroxylation sites is 1. The molecule has 0 spiro atoms. The summed E-state index contributed by atoms with van der Waals surface area (Å²) < 4.78 is 0. The molecule has 0 saturated carbocycles. The van der Waals surface area contributed by atoms with Crippen LogP contribution in [-0.2, 0) is 6.42 Å². The smallest absolute Gasteiger partial charge is 0.170 e. The van der Waals surface area contributed by atoms with Gasteiger partial charge in [0.05, 0.1) is 5.56 Å². The molecule has 130 valence electrons. The van der Waals surface area contributed by atoms with Crippen molar-refractivity contribution >= 4 is 17.9 Å². The molecule has 0 amide bonds. The Kier molecular flexibility index (Phi) is 5.04. The Labute approximate surface area is 151 Å². The first-order chi connectivity index (χ1) is 12.5. The molecule has 26 heavy (non-hydrogen) atoms. The molecule has 0 aliphatic carbocycles. The lowest BCUT2D eigenvalue weighted by atomic mass is 10.0. The minimum Gasteiger partial charge on any atom is -0.508 e. The van der Waals surface area contributed by atoms with Crippen molar-refractivity contribution in [1.82, 2.24) is 0 Å². The van der Waals surface area contributed by atoms with Crippen LogP contribution < -0.4 is 0 Å². The predicted octanol–water partition coefficient (Wildman–Crippen LogP) is 4.40. The fourth-order valence-corrected chi connectivity index (χ4v) is 2.64. The normalized spacial score (nSPS) is 10.9. The van der Waals surface area contributed by atoms with E-state index in [0.29, 0.717) is 11.1 Å². The van der Waals surface area contributed by atoms with Gasteiger partial charge in [0.2, 0.25) is 0 Å². The molecule has 3 aromatic carbocycles. The van der Waals surface area contributed by atoms with Crippen LogP contribution in [0.4, 0.5) is 0 Å². The lowest BCUT2D eigenvalue weighted by Gasteiger charge is -2.04. The second-order valence-corrected chi connectivity index (χ2v) is 5.97. The molecule has 0 fully saturated rings. The molecule has 0 saturated heterocycles. The van der Waals surface area contributed by atoms with Crippen LogP contribution in [0.5, 0.6) is 17.2 Å². The van der Waals surface area contributed by atoms with E-state index in [1.165, 1.54) is 12.1 Å². The SMILES string of the molecule is O=C(Cc1ccc(/C=C/c2cc(O)cc(O)c2)cc1)c1ccccc1O. The first-order valence-corrected chi connectivity index (χ1v) is 8.12. The highest BCUT2D eigenvalue weighted by Crippen LogP contribution is 2.22. The molecule has 4 heteroatoms. The number of ketones is 1. The number of benzene rings is 3. The average Bonchev–Trinajstić information content (AvgIpc) is 2.60. The van der Waals surface area contributed by atoms with E-state index in [-0.39, 0.29) is 29.5 Å². The number of phenolic OH excluding ortho intramolecular Hbond substituents is 3. The molecule has 0 unspecified atom stereocenters. The number of phenols is 3. The Balaban J connectivity index is 1.69. The highest BCUT2D eigenvalue weighted by Gasteiger charge is 2.10. The molecule has 0 radical (unpaired) electrons. The topological polar surface area (TPSA) is 77.8 Å². The Hall–Kier alpha value is -3.53. The van der Waals surface area contributed by atoms with Gasteiger partial charge in [0.25, 0.3) is 0 Å². The van der Waals surface area contributed by atoms with E-state index in [1.54, 1.807) is 36.4 Å². The summed E-state index contributed by atoms with van der Waals surface area (Å²) in [6, 6.07) is 18.4. The van der Waals surface area contributed by atoms with Crippen LogP contribution >= 0.6 is 0 Å². The monoisotopic (exact) mass is 346 g/mol. The number of Topliss-reactive ketones (excluding diaryl/α,β-unsaturated/α-hetero) is 1. The third kappa shape index (κ3) is 4.30. The first kappa shape index (κ1) is 17.3. The van der Waals surface area contributed by atoms with E-state index in [0.717, 1.165) is 11.1 Å².